The van der Waals surface area contributed by atoms with Gasteiger partial charge < -0.3 is 20.9 Å². The lowest BCUT2D eigenvalue weighted by molar-refractivity contribution is -0.121. The van der Waals surface area contributed by atoms with Gasteiger partial charge in [-0.1, -0.05) is 26.0 Å². The van der Waals surface area contributed by atoms with Gasteiger partial charge in [-0.3, -0.25) is 9.59 Å². The highest BCUT2D eigenvalue weighted by atomic mass is 16.2. The Morgan fingerprint density at radius 1 is 1.31 bits per heavy atom. The van der Waals surface area contributed by atoms with Crippen LogP contribution in [0, 0.1) is 5.92 Å². The summed E-state index contributed by atoms with van der Waals surface area (Å²) in [5.74, 6) is 0.464. The molecule has 0 radical (unpaired) electrons. The quantitative estimate of drug-likeness (QED) is 0.697. The molecule has 0 bridgehead atoms. The zero-order valence-electron chi connectivity index (χ0n) is 15.3. The third-order valence-electron chi connectivity index (χ3n) is 4.68. The summed E-state index contributed by atoms with van der Waals surface area (Å²) >= 11 is 0. The van der Waals surface area contributed by atoms with Gasteiger partial charge in [0.15, 0.2) is 0 Å². The predicted octanol–water partition coefficient (Wildman–Crippen LogP) is 2.57. The molecule has 26 heavy (non-hydrogen) atoms. The lowest BCUT2D eigenvalue weighted by atomic mass is 10.1. The highest BCUT2D eigenvalue weighted by Crippen LogP contribution is 2.28. The fourth-order valence-corrected chi connectivity index (χ4v) is 3.15. The van der Waals surface area contributed by atoms with Crippen molar-refractivity contribution >= 4 is 17.5 Å². The van der Waals surface area contributed by atoms with Crippen LogP contribution < -0.4 is 16.4 Å². The van der Waals surface area contributed by atoms with E-state index in [1.807, 2.05) is 41.1 Å². The van der Waals surface area contributed by atoms with Crippen LogP contribution in [0.15, 0.2) is 36.5 Å². The summed E-state index contributed by atoms with van der Waals surface area (Å²) in [4.78, 5) is 24.5. The van der Waals surface area contributed by atoms with Crippen molar-refractivity contribution in [2.24, 2.45) is 5.92 Å². The van der Waals surface area contributed by atoms with E-state index < -0.39 is 0 Å². The van der Waals surface area contributed by atoms with Gasteiger partial charge in [0, 0.05) is 37.0 Å². The smallest absolute Gasteiger partial charge is 0.268 e. The number of aromatic nitrogens is 1. The summed E-state index contributed by atoms with van der Waals surface area (Å²) in [6.07, 6.45) is 3.26. The molecule has 0 spiro atoms. The summed E-state index contributed by atoms with van der Waals surface area (Å²) < 4.78 is 1.92. The van der Waals surface area contributed by atoms with E-state index in [1.165, 1.54) is 0 Å². The number of nitrogens with zero attached hydrogens (tertiary/aromatic N) is 1. The minimum atomic E-state index is -0.108. The average Bonchev–Trinajstić information content (AvgIpc) is 3.04. The molecule has 1 aliphatic heterocycles. The minimum absolute atomic E-state index is 0.0143. The molecule has 4 N–H and O–H groups in total. The molecule has 0 fully saturated rings. The lowest BCUT2D eigenvalue weighted by Gasteiger charge is -2.26. The van der Waals surface area contributed by atoms with E-state index in [9.17, 15) is 9.59 Å². The molecule has 1 aromatic heterocycles. The SMILES string of the molecule is CC(C)CCNC(=O)CC1CNC(=O)c2cc(-c3ccc(N)cc3)cn21. The number of anilines is 1. The summed E-state index contributed by atoms with van der Waals surface area (Å²) in [5.41, 5.74) is 8.97. The second-order valence-corrected chi connectivity index (χ2v) is 7.24. The Labute approximate surface area is 153 Å². The summed E-state index contributed by atoms with van der Waals surface area (Å²) in [5, 5.41) is 5.85. The Bertz CT molecular complexity index is 793. The van der Waals surface area contributed by atoms with E-state index in [4.69, 9.17) is 5.73 Å². The van der Waals surface area contributed by atoms with Gasteiger partial charge >= 0.3 is 0 Å². The molecule has 2 aromatic rings. The normalized spacial score (nSPS) is 16.3. The second-order valence-electron chi connectivity index (χ2n) is 7.24. The zero-order valence-corrected chi connectivity index (χ0v) is 15.3. The van der Waals surface area contributed by atoms with Crippen molar-refractivity contribution in [3.8, 4) is 11.1 Å². The highest BCUT2D eigenvalue weighted by Gasteiger charge is 2.27. The van der Waals surface area contributed by atoms with Crippen molar-refractivity contribution in [3.05, 3.63) is 42.2 Å². The first-order valence-electron chi connectivity index (χ1n) is 9.06. The van der Waals surface area contributed by atoms with E-state index >= 15 is 0 Å². The number of nitrogens with one attached hydrogen (secondary N) is 2. The van der Waals surface area contributed by atoms with Crippen molar-refractivity contribution in [2.45, 2.75) is 32.7 Å². The number of carbonyl (C=O) groups excluding carboxylic acids is 2. The average molecular weight is 354 g/mol. The molecular weight excluding hydrogens is 328 g/mol. The van der Waals surface area contributed by atoms with Crippen LogP contribution in [0.3, 0.4) is 0 Å². The van der Waals surface area contributed by atoms with Crippen LogP contribution in [-0.2, 0) is 4.79 Å². The van der Waals surface area contributed by atoms with Crippen LogP contribution in [0.1, 0.15) is 43.2 Å². The van der Waals surface area contributed by atoms with Gasteiger partial charge in [-0.15, -0.1) is 0 Å². The van der Waals surface area contributed by atoms with Crippen LogP contribution in [0.4, 0.5) is 5.69 Å². The first-order chi connectivity index (χ1) is 12.4. The van der Waals surface area contributed by atoms with Crippen LogP contribution in [-0.4, -0.2) is 29.5 Å². The first kappa shape index (κ1) is 18.0. The Balaban J connectivity index is 1.75. The third kappa shape index (κ3) is 4.07. The largest absolute Gasteiger partial charge is 0.399 e. The molecule has 3 rings (SSSR count). The predicted molar refractivity (Wildman–Crippen MR) is 103 cm³/mol. The van der Waals surface area contributed by atoms with Gasteiger partial charge in [0.05, 0.1) is 6.04 Å². The maximum Gasteiger partial charge on any atom is 0.268 e. The second kappa shape index (κ2) is 7.64. The fourth-order valence-electron chi connectivity index (χ4n) is 3.15. The molecule has 2 heterocycles. The number of nitrogens with two attached hydrogens (primary N) is 1. The van der Waals surface area contributed by atoms with E-state index in [0.29, 0.717) is 36.8 Å². The highest BCUT2D eigenvalue weighted by molar-refractivity contribution is 5.95. The summed E-state index contributed by atoms with van der Waals surface area (Å²) in [6.45, 7) is 5.41. The third-order valence-corrected chi connectivity index (χ3v) is 4.68. The Kier molecular flexibility index (Phi) is 5.30. The van der Waals surface area contributed by atoms with E-state index in [-0.39, 0.29) is 17.9 Å². The number of hydrogen-bond donors (Lipinski definition) is 3. The number of benzene rings is 1. The minimum Gasteiger partial charge on any atom is -0.399 e. The first-order valence-corrected chi connectivity index (χ1v) is 9.06. The van der Waals surface area contributed by atoms with Crippen LogP contribution >= 0.6 is 0 Å². The van der Waals surface area contributed by atoms with Crippen LogP contribution in [0.25, 0.3) is 11.1 Å². The van der Waals surface area contributed by atoms with Gasteiger partial charge in [0.25, 0.3) is 5.91 Å². The maximum absolute atomic E-state index is 12.2. The molecule has 1 atom stereocenters. The van der Waals surface area contributed by atoms with Gasteiger partial charge in [-0.25, -0.2) is 0 Å². The number of carbonyl (C=O) groups is 2. The number of hydrogen-bond acceptors (Lipinski definition) is 3. The summed E-state index contributed by atoms with van der Waals surface area (Å²) in [6, 6.07) is 9.33. The number of rotatable bonds is 6. The molecule has 0 aliphatic carbocycles. The molecule has 0 saturated heterocycles. The zero-order chi connectivity index (χ0) is 18.7. The molecule has 6 heteroatoms. The van der Waals surface area contributed by atoms with Crippen molar-refractivity contribution in [1.82, 2.24) is 15.2 Å². The Morgan fingerprint density at radius 3 is 2.73 bits per heavy atom. The standard InChI is InChI=1S/C20H26N4O2/c1-13(2)7-8-22-19(25)10-17-11-23-20(26)18-9-15(12-24(17)18)14-3-5-16(21)6-4-14/h3-6,9,12-13,17H,7-8,10-11,21H2,1-2H3,(H,22,25)(H,23,26). The molecule has 0 saturated carbocycles. The molecular formula is C20H26N4O2. The Morgan fingerprint density at radius 2 is 2.04 bits per heavy atom. The fraction of sp³-hybridized carbons (Fsp3) is 0.400. The summed E-state index contributed by atoms with van der Waals surface area (Å²) in [7, 11) is 0. The van der Waals surface area contributed by atoms with Crippen molar-refractivity contribution < 1.29 is 9.59 Å². The molecule has 1 aromatic carbocycles. The van der Waals surface area contributed by atoms with Crippen LogP contribution in [0.2, 0.25) is 0 Å². The monoisotopic (exact) mass is 354 g/mol. The molecule has 138 valence electrons. The van der Waals surface area contributed by atoms with E-state index in [1.54, 1.807) is 0 Å². The molecule has 1 aliphatic rings. The van der Waals surface area contributed by atoms with Gasteiger partial charge in [-0.2, -0.15) is 0 Å². The number of fused-ring (bicyclic) bond motifs is 1. The molecule has 6 nitrogen and oxygen atoms in total. The van der Waals surface area contributed by atoms with Gasteiger partial charge in [0.2, 0.25) is 5.91 Å². The van der Waals surface area contributed by atoms with Crippen molar-refractivity contribution in [1.29, 1.82) is 0 Å². The van der Waals surface area contributed by atoms with Crippen molar-refractivity contribution in [3.63, 3.8) is 0 Å². The van der Waals surface area contributed by atoms with E-state index in [0.717, 1.165) is 17.5 Å². The van der Waals surface area contributed by atoms with Crippen LogP contribution in [0.5, 0.6) is 0 Å². The van der Waals surface area contributed by atoms with E-state index in [2.05, 4.69) is 24.5 Å². The number of amides is 2. The Hall–Kier alpha value is -2.76. The topological polar surface area (TPSA) is 89.2 Å². The molecule has 1 unspecified atom stereocenters. The lowest BCUT2D eigenvalue weighted by Crippen LogP contribution is -2.40. The van der Waals surface area contributed by atoms with Gasteiger partial charge in [-0.05, 0) is 36.1 Å². The number of nitrogen functional groups attached to an aromatic ring is 1. The maximum atomic E-state index is 12.2. The molecule has 2 amide bonds. The van der Waals surface area contributed by atoms with Crippen molar-refractivity contribution in [2.75, 3.05) is 18.8 Å². The van der Waals surface area contributed by atoms with Gasteiger partial charge in [0.1, 0.15) is 5.69 Å².